The van der Waals surface area contributed by atoms with Crippen molar-refractivity contribution in [1.29, 1.82) is 0 Å². The van der Waals surface area contributed by atoms with Crippen LogP contribution in [0.5, 0.6) is 11.5 Å². The molecule has 0 radical (unpaired) electrons. The number of carbonyl (C=O) groups is 1. The van der Waals surface area contributed by atoms with Gasteiger partial charge < -0.3 is 14.4 Å². The van der Waals surface area contributed by atoms with E-state index in [9.17, 15) is 14.9 Å². The van der Waals surface area contributed by atoms with Gasteiger partial charge in [0.2, 0.25) is 0 Å². The highest BCUT2D eigenvalue weighted by Gasteiger charge is 2.25. The standard InChI is InChI=1S/C18H18N2O5/c1-2-19(18(21)13-7-9-14(10-8-13)20(22)23)11-15-12-24-16-5-3-4-6-17(16)25-15/h3-10,15H,2,11-12H2,1H3. The van der Waals surface area contributed by atoms with Crippen molar-refractivity contribution in [2.45, 2.75) is 13.0 Å². The molecule has 1 aliphatic rings. The van der Waals surface area contributed by atoms with Crippen molar-refractivity contribution in [3.63, 3.8) is 0 Å². The predicted octanol–water partition coefficient (Wildman–Crippen LogP) is 2.90. The molecule has 0 N–H and O–H groups in total. The van der Waals surface area contributed by atoms with Crippen LogP contribution in [0.1, 0.15) is 17.3 Å². The van der Waals surface area contributed by atoms with Crippen molar-refractivity contribution in [3.05, 3.63) is 64.2 Å². The second-order valence-corrected chi connectivity index (χ2v) is 5.65. The zero-order valence-electron chi connectivity index (χ0n) is 13.8. The van der Waals surface area contributed by atoms with Gasteiger partial charge in [-0.1, -0.05) is 12.1 Å². The van der Waals surface area contributed by atoms with Crippen LogP contribution < -0.4 is 9.47 Å². The zero-order valence-corrected chi connectivity index (χ0v) is 13.8. The lowest BCUT2D eigenvalue weighted by Crippen LogP contribution is -2.43. The van der Waals surface area contributed by atoms with Crippen LogP contribution in [0.15, 0.2) is 48.5 Å². The molecule has 130 valence electrons. The summed E-state index contributed by atoms with van der Waals surface area (Å²) in [6, 6.07) is 13.0. The average molecular weight is 342 g/mol. The van der Waals surface area contributed by atoms with Gasteiger partial charge in [0, 0.05) is 24.2 Å². The summed E-state index contributed by atoms with van der Waals surface area (Å²) in [6.45, 7) is 3.11. The Hall–Kier alpha value is -3.09. The highest BCUT2D eigenvalue weighted by atomic mass is 16.6. The molecule has 25 heavy (non-hydrogen) atoms. The second kappa shape index (κ2) is 7.21. The SMILES string of the molecule is CCN(CC1COc2ccccc2O1)C(=O)c1ccc([N+](=O)[O-])cc1. The molecule has 1 atom stereocenters. The molecule has 2 aromatic rings. The molecule has 7 heteroatoms. The Morgan fingerprint density at radius 2 is 1.88 bits per heavy atom. The quantitative estimate of drug-likeness (QED) is 0.616. The number of benzene rings is 2. The molecule has 0 saturated carbocycles. The number of carbonyl (C=O) groups excluding carboxylic acids is 1. The number of rotatable bonds is 5. The van der Waals surface area contributed by atoms with Crippen LogP contribution in [-0.2, 0) is 0 Å². The first kappa shape index (κ1) is 16.8. The van der Waals surface area contributed by atoms with E-state index in [1.54, 1.807) is 4.90 Å². The number of nitro benzene ring substituents is 1. The number of ether oxygens (including phenoxy) is 2. The Kier molecular flexibility index (Phi) is 4.83. The summed E-state index contributed by atoms with van der Waals surface area (Å²) < 4.78 is 11.6. The lowest BCUT2D eigenvalue weighted by molar-refractivity contribution is -0.384. The first-order valence-corrected chi connectivity index (χ1v) is 8.00. The first-order valence-electron chi connectivity index (χ1n) is 8.00. The van der Waals surface area contributed by atoms with Crippen molar-refractivity contribution >= 4 is 11.6 Å². The van der Waals surface area contributed by atoms with Crippen LogP contribution in [-0.4, -0.2) is 41.5 Å². The Morgan fingerprint density at radius 1 is 1.20 bits per heavy atom. The Bertz CT molecular complexity index is 775. The van der Waals surface area contributed by atoms with Crippen LogP contribution in [0.4, 0.5) is 5.69 Å². The minimum absolute atomic E-state index is 0.0415. The van der Waals surface area contributed by atoms with Gasteiger partial charge in [0.1, 0.15) is 6.61 Å². The Balaban J connectivity index is 1.68. The molecule has 2 aromatic carbocycles. The van der Waals surface area contributed by atoms with Gasteiger partial charge in [0.05, 0.1) is 11.5 Å². The van der Waals surface area contributed by atoms with Crippen molar-refractivity contribution in [1.82, 2.24) is 4.90 Å². The molecule has 1 amide bonds. The summed E-state index contributed by atoms with van der Waals surface area (Å²) in [7, 11) is 0. The molecule has 1 aliphatic heterocycles. The number of hydrogen-bond acceptors (Lipinski definition) is 5. The van der Waals surface area contributed by atoms with Crippen LogP contribution in [0.25, 0.3) is 0 Å². The molecule has 1 heterocycles. The maximum Gasteiger partial charge on any atom is 0.269 e. The monoisotopic (exact) mass is 342 g/mol. The molecule has 0 saturated heterocycles. The summed E-state index contributed by atoms with van der Waals surface area (Å²) in [4.78, 5) is 24.5. The van der Waals surface area contributed by atoms with Gasteiger partial charge in [0.15, 0.2) is 17.6 Å². The summed E-state index contributed by atoms with van der Waals surface area (Å²) in [5.74, 6) is 1.17. The number of nitrogens with zero attached hydrogens (tertiary/aromatic N) is 2. The highest BCUT2D eigenvalue weighted by molar-refractivity contribution is 5.94. The third kappa shape index (κ3) is 3.71. The number of hydrogen-bond donors (Lipinski definition) is 0. The highest BCUT2D eigenvalue weighted by Crippen LogP contribution is 2.31. The van der Waals surface area contributed by atoms with Gasteiger partial charge in [0.25, 0.3) is 11.6 Å². The van der Waals surface area contributed by atoms with Crippen molar-refractivity contribution in [2.24, 2.45) is 0 Å². The molecule has 7 nitrogen and oxygen atoms in total. The Labute approximate surface area is 144 Å². The Morgan fingerprint density at radius 3 is 2.52 bits per heavy atom. The van der Waals surface area contributed by atoms with Gasteiger partial charge in [-0.05, 0) is 31.2 Å². The van der Waals surface area contributed by atoms with E-state index in [-0.39, 0.29) is 17.7 Å². The van der Waals surface area contributed by atoms with Crippen LogP contribution in [0.3, 0.4) is 0 Å². The fourth-order valence-corrected chi connectivity index (χ4v) is 2.66. The van der Waals surface area contributed by atoms with E-state index >= 15 is 0 Å². The molecule has 3 rings (SSSR count). The van der Waals surface area contributed by atoms with Crippen molar-refractivity contribution in [2.75, 3.05) is 19.7 Å². The zero-order chi connectivity index (χ0) is 17.8. The molecular formula is C18H18N2O5. The normalized spacial score (nSPS) is 15.5. The maximum atomic E-state index is 12.6. The summed E-state index contributed by atoms with van der Waals surface area (Å²) in [6.07, 6.45) is -0.267. The smallest absolute Gasteiger partial charge is 0.269 e. The second-order valence-electron chi connectivity index (χ2n) is 5.65. The first-order chi connectivity index (χ1) is 12.1. The topological polar surface area (TPSA) is 81.9 Å². The van der Waals surface area contributed by atoms with Gasteiger partial charge in [-0.15, -0.1) is 0 Å². The predicted molar refractivity (Wildman–Crippen MR) is 91.0 cm³/mol. The number of fused-ring (bicyclic) bond motifs is 1. The minimum Gasteiger partial charge on any atom is -0.486 e. The van der Waals surface area contributed by atoms with E-state index < -0.39 is 4.92 Å². The van der Waals surface area contributed by atoms with Gasteiger partial charge in [-0.25, -0.2) is 0 Å². The summed E-state index contributed by atoms with van der Waals surface area (Å²) in [5, 5.41) is 10.7. The largest absolute Gasteiger partial charge is 0.486 e. The van der Waals surface area contributed by atoms with E-state index in [0.29, 0.717) is 36.8 Å². The average Bonchev–Trinajstić information content (AvgIpc) is 2.65. The number of nitro groups is 1. The lowest BCUT2D eigenvalue weighted by Gasteiger charge is -2.31. The summed E-state index contributed by atoms with van der Waals surface area (Å²) in [5.41, 5.74) is 0.366. The molecular weight excluding hydrogens is 324 g/mol. The van der Waals surface area contributed by atoms with Crippen LogP contribution in [0, 0.1) is 10.1 Å². The number of non-ortho nitro benzene ring substituents is 1. The maximum absolute atomic E-state index is 12.6. The van der Waals surface area contributed by atoms with Crippen molar-refractivity contribution in [3.8, 4) is 11.5 Å². The molecule has 0 bridgehead atoms. The summed E-state index contributed by atoms with van der Waals surface area (Å²) >= 11 is 0. The fourth-order valence-electron chi connectivity index (χ4n) is 2.66. The van der Waals surface area contributed by atoms with Gasteiger partial charge >= 0.3 is 0 Å². The number of likely N-dealkylation sites (N-methyl/N-ethyl adjacent to an activating group) is 1. The molecule has 0 spiro atoms. The van der Waals surface area contributed by atoms with E-state index in [4.69, 9.17) is 9.47 Å². The third-order valence-corrected chi connectivity index (χ3v) is 3.99. The third-order valence-electron chi connectivity index (χ3n) is 3.99. The molecule has 0 fully saturated rings. The van der Waals surface area contributed by atoms with Crippen LogP contribution in [0.2, 0.25) is 0 Å². The van der Waals surface area contributed by atoms with E-state index in [0.717, 1.165) is 0 Å². The van der Waals surface area contributed by atoms with Crippen LogP contribution >= 0.6 is 0 Å². The molecule has 1 unspecified atom stereocenters. The van der Waals surface area contributed by atoms with Crippen molar-refractivity contribution < 1.29 is 19.2 Å². The van der Waals surface area contributed by atoms with E-state index in [1.165, 1.54) is 24.3 Å². The minimum atomic E-state index is -0.490. The van der Waals surface area contributed by atoms with Gasteiger partial charge in [-0.3, -0.25) is 14.9 Å². The molecule has 0 aromatic heterocycles. The number of amides is 1. The molecule has 0 aliphatic carbocycles. The fraction of sp³-hybridized carbons (Fsp3) is 0.278. The van der Waals surface area contributed by atoms with E-state index in [1.807, 2.05) is 31.2 Å². The van der Waals surface area contributed by atoms with E-state index in [2.05, 4.69) is 0 Å². The number of para-hydroxylation sites is 2. The lowest BCUT2D eigenvalue weighted by atomic mass is 10.1. The van der Waals surface area contributed by atoms with Gasteiger partial charge in [-0.2, -0.15) is 0 Å².